The van der Waals surface area contributed by atoms with Gasteiger partial charge in [-0.3, -0.25) is 4.79 Å². The molecule has 2 rings (SSSR count). The first-order chi connectivity index (χ1) is 9.49. The Morgan fingerprint density at radius 2 is 2.00 bits per heavy atom. The van der Waals surface area contributed by atoms with E-state index in [1.54, 1.807) is 18.2 Å². The van der Waals surface area contributed by atoms with E-state index in [9.17, 15) is 4.79 Å². The molecule has 0 fully saturated rings. The minimum absolute atomic E-state index is 0.442. The predicted molar refractivity (Wildman–Crippen MR) is 85.9 cm³/mol. The summed E-state index contributed by atoms with van der Waals surface area (Å²) in [4.78, 5) is 11.7. The molecule has 0 heterocycles. The van der Waals surface area contributed by atoms with Crippen LogP contribution < -0.4 is 11.1 Å². The van der Waals surface area contributed by atoms with Gasteiger partial charge in [-0.1, -0.05) is 35.9 Å². The molecule has 0 radical (unpaired) electrons. The molecule has 2 aromatic rings. The maximum absolute atomic E-state index is 11.7. The maximum Gasteiger partial charge on any atom is 0.244 e. The van der Waals surface area contributed by atoms with Gasteiger partial charge in [0.2, 0.25) is 5.91 Å². The van der Waals surface area contributed by atoms with E-state index in [-0.39, 0.29) is 0 Å². The lowest BCUT2D eigenvalue weighted by molar-refractivity contribution is -0.118. The maximum atomic E-state index is 11.7. The minimum atomic E-state index is -0.607. The van der Waals surface area contributed by atoms with Crippen LogP contribution in [-0.2, 0) is 4.79 Å². The van der Waals surface area contributed by atoms with Crippen LogP contribution in [0.1, 0.15) is 17.2 Å². The van der Waals surface area contributed by atoms with Crippen molar-refractivity contribution in [2.24, 2.45) is 5.73 Å². The van der Waals surface area contributed by atoms with Crippen LogP contribution in [0.4, 0.5) is 5.69 Å². The molecule has 0 bridgehead atoms. The number of carbonyl (C=O) groups is 1. The lowest BCUT2D eigenvalue weighted by Crippen LogP contribution is -2.28. The van der Waals surface area contributed by atoms with Crippen molar-refractivity contribution >= 4 is 39.1 Å². The number of amides is 1. The summed E-state index contributed by atoms with van der Waals surface area (Å²) in [5.41, 5.74) is 8.19. The first-order valence-corrected chi connectivity index (χ1v) is 7.22. The summed E-state index contributed by atoms with van der Waals surface area (Å²) >= 11 is 9.32. The van der Waals surface area contributed by atoms with Crippen molar-refractivity contribution in [2.45, 2.75) is 13.0 Å². The molecule has 5 heteroatoms. The number of aryl methyl sites for hydroxylation is 1. The number of halogens is 2. The predicted octanol–water partition coefficient (Wildman–Crippen LogP) is 4.05. The van der Waals surface area contributed by atoms with E-state index in [4.69, 9.17) is 17.3 Å². The van der Waals surface area contributed by atoms with Crippen molar-refractivity contribution in [2.75, 3.05) is 5.32 Å². The van der Waals surface area contributed by atoms with Gasteiger partial charge in [0.15, 0.2) is 0 Å². The third-order valence-corrected chi connectivity index (χ3v) is 4.22. The van der Waals surface area contributed by atoms with Gasteiger partial charge in [0.05, 0.1) is 5.02 Å². The molecule has 1 amide bonds. The summed E-state index contributed by atoms with van der Waals surface area (Å²) in [6.45, 7) is 1.97. The normalized spacial score (nSPS) is 11.9. The van der Waals surface area contributed by atoms with Crippen LogP contribution in [0.25, 0.3) is 0 Å². The molecule has 0 aliphatic rings. The van der Waals surface area contributed by atoms with Crippen LogP contribution in [0.5, 0.6) is 0 Å². The fourth-order valence-corrected chi connectivity index (χ4v) is 2.42. The van der Waals surface area contributed by atoms with Crippen molar-refractivity contribution in [1.29, 1.82) is 0 Å². The summed E-state index contributed by atoms with van der Waals surface area (Å²) in [6.07, 6.45) is 0. The molecule has 3 N–H and O–H groups in total. The zero-order valence-corrected chi connectivity index (χ0v) is 13.2. The summed E-state index contributed by atoms with van der Waals surface area (Å²) < 4.78 is 0.731. The van der Waals surface area contributed by atoms with Crippen molar-refractivity contribution < 1.29 is 4.79 Å². The van der Waals surface area contributed by atoms with Crippen molar-refractivity contribution in [3.63, 3.8) is 0 Å². The second kappa shape index (κ2) is 6.29. The lowest BCUT2D eigenvalue weighted by atomic mass is 10.1. The quantitative estimate of drug-likeness (QED) is 0.871. The largest absolute Gasteiger partial charge is 0.370 e. The Hall–Kier alpha value is -1.52. The van der Waals surface area contributed by atoms with Gasteiger partial charge in [-0.25, -0.2) is 0 Å². The average Bonchev–Trinajstić information content (AvgIpc) is 2.41. The molecule has 0 aromatic heterocycles. The van der Waals surface area contributed by atoms with Crippen molar-refractivity contribution in [1.82, 2.24) is 0 Å². The van der Waals surface area contributed by atoms with Crippen LogP contribution in [0.15, 0.2) is 46.9 Å². The SMILES string of the molecule is Cc1ccccc1NC(C(N)=O)c1ccc(Cl)c(Br)c1. The van der Waals surface area contributed by atoms with Gasteiger partial charge in [-0.15, -0.1) is 0 Å². The van der Waals surface area contributed by atoms with Gasteiger partial charge >= 0.3 is 0 Å². The highest BCUT2D eigenvalue weighted by molar-refractivity contribution is 9.10. The number of hydrogen-bond donors (Lipinski definition) is 2. The number of anilines is 1. The molecule has 0 saturated heterocycles. The number of benzene rings is 2. The number of rotatable bonds is 4. The van der Waals surface area contributed by atoms with Crippen molar-refractivity contribution in [3.05, 3.63) is 63.1 Å². The molecule has 0 spiro atoms. The second-order valence-electron chi connectivity index (χ2n) is 4.47. The van der Waals surface area contributed by atoms with Gasteiger partial charge in [0.25, 0.3) is 0 Å². The van der Waals surface area contributed by atoms with Crippen LogP contribution in [0.3, 0.4) is 0 Å². The van der Waals surface area contributed by atoms with Gasteiger partial charge in [-0.2, -0.15) is 0 Å². The Morgan fingerprint density at radius 3 is 2.60 bits per heavy atom. The van der Waals surface area contributed by atoms with Gasteiger partial charge in [0.1, 0.15) is 6.04 Å². The number of nitrogens with two attached hydrogens (primary N) is 1. The van der Waals surface area contributed by atoms with Crippen LogP contribution in [0.2, 0.25) is 5.02 Å². The van der Waals surface area contributed by atoms with Gasteiger partial charge in [-0.05, 0) is 52.2 Å². The second-order valence-corrected chi connectivity index (χ2v) is 5.73. The van der Waals surface area contributed by atoms with Gasteiger partial charge in [0, 0.05) is 10.2 Å². The Balaban J connectivity index is 2.34. The highest BCUT2D eigenvalue weighted by Gasteiger charge is 2.19. The fourth-order valence-electron chi connectivity index (χ4n) is 1.90. The number of hydrogen-bond acceptors (Lipinski definition) is 2. The fraction of sp³-hybridized carbons (Fsp3) is 0.133. The summed E-state index contributed by atoms with van der Waals surface area (Å²) in [5.74, 6) is -0.442. The van der Waals surface area contributed by atoms with E-state index < -0.39 is 11.9 Å². The monoisotopic (exact) mass is 352 g/mol. The molecule has 0 saturated carbocycles. The molecule has 1 atom stereocenters. The first-order valence-electron chi connectivity index (χ1n) is 6.05. The number of carbonyl (C=O) groups excluding carboxylic acids is 1. The summed E-state index contributed by atoms with van der Waals surface area (Å²) in [6, 6.07) is 12.4. The number of primary amides is 1. The van der Waals surface area contributed by atoms with Gasteiger partial charge < -0.3 is 11.1 Å². The molecule has 2 aromatic carbocycles. The Bertz CT molecular complexity index is 646. The third-order valence-electron chi connectivity index (χ3n) is 3.01. The van der Waals surface area contributed by atoms with E-state index in [2.05, 4.69) is 21.2 Å². The molecule has 1 unspecified atom stereocenters. The Morgan fingerprint density at radius 1 is 1.30 bits per heavy atom. The van der Waals surface area contributed by atoms with E-state index in [0.29, 0.717) is 5.02 Å². The van der Waals surface area contributed by atoms with Crippen molar-refractivity contribution in [3.8, 4) is 0 Å². The molecule has 104 valence electrons. The summed E-state index contributed by atoms with van der Waals surface area (Å²) in [5, 5.41) is 3.76. The summed E-state index contributed by atoms with van der Waals surface area (Å²) in [7, 11) is 0. The first kappa shape index (κ1) is 14.9. The Labute approximate surface area is 131 Å². The zero-order valence-electron chi connectivity index (χ0n) is 10.9. The van der Waals surface area contributed by atoms with Crippen LogP contribution in [-0.4, -0.2) is 5.91 Å². The Kier molecular flexibility index (Phi) is 4.68. The smallest absolute Gasteiger partial charge is 0.244 e. The molecule has 0 aliphatic carbocycles. The molecule has 3 nitrogen and oxygen atoms in total. The lowest BCUT2D eigenvalue weighted by Gasteiger charge is -2.19. The molecule has 20 heavy (non-hydrogen) atoms. The standard InChI is InChI=1S/C15H14BrClN2O/c1-9-4-2-3-5-13(9)19-14(15(18)20)10-6-7-12(17)11(16)8-10/h2-8,14,19H,1H3,(H2,18,20). The highest BCUT2D eigenvalue weighted by atomic mass is 79.9. The molecular formula is C15H14BrClN2O. The number of nitrogens with one attached hydrogen (secondary N) is 1. The van der Waals surface area contributed by atoms with E-state index in [0.717, 1.165) is 21.3 Å². The van der Waals surface area contributed by atoms with E-state index in [1.807, 2.05) is 31.2 Å². The topological polar surface area (TPSA) is 55.1 Å². The third kappa shape index (κ3) is 3.32. The molecule has 0 aliphatic heterocycles. The minimum Gasteiger partial charge on any atom is -0.370 e. The van der Waals surface area contributed by atoms with E-state index in [1.165, 1.54) is 0 Å². The number of para-hydroxylation sites is 1. The van der Waals surface area contributed by atoms with Crippen LogP contribution >= 0.6 is 27.5 Å². The van der Waals surface area contributed by atoms with E-state index >= 15 is 0 Å². The zero-order chi connectivity index (χ0) is 14.7. The highest BCUT2D eigenvalue weighted by Crippen LogP contribution is 2.28. The molecular weight excluding hydrogens is 340 g/mol. The van der Waals surface area contributed by atoms with Crippen LogP contribution in [0, 0.1) is 6.92 Å². The average molecular weight is 354 g/mol.